The van der Waals surface area contributed by atoms with Gasteiger partial charge in [-0.1, -0.05) is 0 Å². The lowest BCUT2D eigenvalue weighted by molar-refractivity contribution is 0.724. The molecule has 0 bridgehead atoms. The van der Waals surface area contributed by atoms with Crippen molar-refractivity contribution >= 4 is 7.92 Å². The molecule has 2 aliphatic heterocycles. The lowest BCUT2D eigenvalue weighted by Crippen LogP contribution is -1.88. The summed E-state index contributed by atoms with van der Waals surface area (Å²) in [6.45, 7) is 0. The Morgan fingerprint density at radius 3 is 2.12 bits per heavy atom. The summed E-state index contributed by atoms with van der Waals surface area (Å²) in [6.07, 6.45) is 9.56. The molecule has 0 atom stereocenters. The summed E-state index contributed by atoms with van der Waals surface area (Å²) >= 11 is 0. The van der Waals surface area contributed by atoms with Crippen molar-refractivity contribution in [2.75, 3.05) is 12.3 Å². The first kappa shape index (κ1) is 5.23. The Kier molecular flexibility index (Phi) is 1.30. The first-order valence-corrected chi connectivity index (χ1v) is 5.49. The van der Waals surface area contributed by atoms with E-state index in [4.69, 9.17) is 0 Å². The molecule has 0 saturated carbocycles. The van der Waals surface area contributed by atoms with Gasteiger partial charge in [0.2, 0.25) is 0 Å². The van der Waals surface area contributed by atoms with E-state index in [0.717, 1.165) is 0 Å². The van der Waals surface area contributed by atoms with Crippen molar-refractivity contribution in [3.05, 3.63) is 0 Å². The van der Waals surface area contributed by atoms with Crippen molar-refractivity contribution in [2.24, 2.45) is 0 Å². The summed E-state index contributed by atoms with van der Waals surface area (Å²) in [5.41, 5.74) is 1.24. The van der Waals surface area contributed by atoms with Gasteiger partial charge in [-0.2, -0.15) is 0 Å². The molecule has 2 aliphatic rings. The lowest BCUT2D eigenvalue weighted by atomic mass is 10.2. The molecule has 2 rings (SSSR count). The van der Waals surface area contributed by atoms with Crippen molar-refractivity contribution in [1.29, 1.82) is 0 Å². The van der Waals surface area contributed by atoms with E-state index in [0.29, 0.717) is 7.92 Å². The molecule has 0 N–H and O–H groups in total. The molecule has 46 valence electrons. The van der Waals surface area contributed by atoms with Crippen LogP contribution in [0, 0.1) is 0 Å². The molecule has 0 aromatic heterocycles. The standard InChI is InChI=1S/C7H13P/c1-3-7-4-2-6-8(7)5-1/h7H,1-6H2. The molecule has 2 fully saturated rings. The van der Waals surface area contributed by atoms with Crippen molar-refractivity contribution in [1.82, 2.24) is 0 Å². The Bertz CT molecular complexity index is 70.4. The first-order chi connectivity index (χ1) is 3.97. The van der Waals surface area contributed by atoms with Crippen LogP contribution in [0.1, 0.15) is 25.7 Å². The highest BCUT2D eigenvalue weighted by Crippen LogP contribution is 2.56. The van der Waals surface area contributed by atoms with Crippen molar-refractivity contribution < 1.29 is 0 Å². The minimum atomic E-state index is 0.607. The Labute approximate surface area is 52.4 Å². The fourth-order valence-corrected chi connectivity index (χ4v) is 5.27. The zero-order chi connectivity index (χ0) is 5.40. The van der Waals surface area contributed by atoms with Crippen LogP contribution in [0.2, 0.25) is 0 Å². The summed E-state index contributed by atoms with van der Waals surface area (Å²) in [7, 11) is 0.607. The van der Waals surface area contributed by atoms with Crippen LogP contribution >= 0.6 is 7.92 Å². The van der Waals surface area contributed by atoms with Gasteiger partial charge in [0.15, 0.2) is 0 Å². The SMILES string of the molecule is C1CC2CCCP2C1. The topological polar surface area (TPSA) is 0 Å². The van der Waals surface area contributed by atoms with Crippen LogP contribution in [0.3, 0.4) is 0 Å². The van der Waals surface area contributed by atoms with Gasteiger partial charge >= 0.3 is 0 Å². The number of rotatable bonds is 0. The summed E-state index contributed by atoms with van der Waals surface area (Å²) in [6, 6.07) is 0. The lowest BCUT2D eigenvalue weighted by Gasteiger charge is -2.05. The van der Waals surface area contributed by atoms with Gasteiger partial charge in [-0.15, -0.1) is 7.92 Å². The third-order valence-corrected chi connectivity index (χ3v) is 5.81. The predicted molar refractivity (Wildman–Crippen MR) is 38.9 cm³/mol. The van der Waals surface area contributed by atoms with Gasteiger partial charge in [0.25, 0.3) is 0 Å². The zero-order valence-corrected chi connectivity index (χ0v) is 6.16. The summed E-state index contributed by atoms with van der Waals surface area (Å²) in [5.74, 6) is 0. The molecular formula is C7H13P. The summed E-state index contributed by atoms with van der Waals surface area (Å²) in [5, 5.41) is 0. The minimum Gasteiger partial charge on any atom is -0.104 e. The third-order valence-electron chi connectivity index (χ3n) is 2.48. The second-order valence-electron chi connectivity index (χ2n) is 2.97. The van der Waals surface area contributed by atoms with Crippen molar-refractivity contribution in [3.8, 4) is 0 Å². The van der Waals surface area contributed by atoms with Crippen LogP contribution in [0.25, 0.3) is 0 Å². The summed E-state index contributed by atoms with van der Waals surface area (Å²) in [4.78, 5) is 0. The van der Waals surface area contributed by atoms with Crippen molar-refractivity contribution in [2.45, 2.75) is 31.3 Å². The molecule has 1 heteroatoms. The van der Waals surface area contributed by atoms with Gasteiger partial charge in [-0.3, -0.25) is 0 Å². The average molecular weight is 128 g/mol. The molecule has 0 radical (unpaired) electrons. The van der Waals surface area contributed by atoms with Gasteiger partial charge < -0.3 is 0 Å². The fourth-order valence-electron chi connectivity index (χ4n) is 2.05. The average Bonchev–Trinajstić information content (AvgIpc) is 2.15. The van der Waals surface area contributed by atoms with Gasteiger partial charge in [-0.25, -0.2) is 0 Å². The van der Waals surface area contributed by atoms with Crippen LogP contribution in [0.4, 0.5) is 0 Å². The molecule has 0 aliphatic carbocycles. The third kappa shape index (κ3) is 0.702. The molecule has 0 aromatic rings. The predicted octanol–water partition coefficient (Wildman–Crippen LogP) is 2.42. The highest BCUT2D eigenvalue weighted by atomic mass is 31.1. The van der Waals surface area contributed by atoms with Crippen LogP contribution in [-0.4, -0.2) is 18.0 Å². The molecule has 0 unspecified atom stereocenters. The van der Waals surface area contributed by atoms with E-state index in [9.17, 15) is 0 Å². The van der Waals surface area contributed by atoms with Crippen LogP contribution < -0.4 is 0 Å². The number of hydrogen-bond acceptors (Lipinski definition) is 0. The molecule has 0 nitrogen and oxygen atoms in total. The maximum atomic E-state index is 1.62. The molecule has 0 aromatic carbocycles. The van der Waals surface area contributed by atoms with Gasteiger partial charge in [0.1, 0.15) is 0 Å². The Morgan fingerprint density at radius 2 is 1.62 bits per heavy atom. The zero-order valence-electron chi connectivity index (χ0n) is 5.27. The Hall–Kier alpha value is 0.430. The highest BCUT2D eigenvalue weighted by molar-refractivity contribution is 7.59. The maximum absolute atomic E-state index is 1.62. The quantitative estimate of drug-likeness (QED) is 0.439. The first-order valence-electron chi connectivity index (χ1n) is 3.71. The van der Waals surface area contributed by atoms with Gasteiger partial charge in [0.05, 0.1) is 0 Å². The van der Waals surface area contributed by atoms with E-state index in [-0.39, 0.29) is 0 Å². The largest absolute Gasteiger partial charge is 0.104 e. The van der Waals surface area contributed by atoms with Crippen molar-refractivity contribution in [3.63, 3.8) is 0 Å². The van der Waals surface area contributed by atoms with Crippen LogP contribution in [0.5, 0.6) is 0 Å². The summed E-state index contributed by atoms with van der Waals surface area (Å²) < 4.78 is 0. The molecule has 2 saturated heterocycles. The number of fused-ring (bicyclic) bond motifs is 1. The number of hydrogen-bond donors (Lipinski definition) is 0. The van der Waals surface area contributed by atoms with Gasteiger partial charge in [0, 0.05) is 0 Å². The molecule has 0 spiro atoms. The Balaban J connectivity index is 2.04. The molecule has 8 heavy (non-hydrogen) atoms. The minimum absolute atomic E-state index is 0.607. The maximum Gasteiger partial charge on any atom is -0.0209 e. The molecule has 0 amide bonds. The fraction of sp³-hybridized carbons (Fsp3) is 1.00. The molecule has 2 heterocycles. The van der Waals surface area contributed by atoms with E-state index in [2.05, 4.69) is 0 Å². The van der Waals surface area contributed by atoms with Crippen LogP contribution in [-0.2, 0) is 0 Å². The second kappa shape index (κ2) is 1.99. The smallest absolute Gasteiger partial charge is 0.0209 e. The van der Waals surface area contributed by atoms with Gasteiger partial charge in [-0.05, 0) is 43.7 Å². The van der Waals surface area contributed by atoms with E-state index in [1.807, 2.05) is 0 Å². The monoisotopic (exact) mass is 128 g/mol. The Morgan fingerprint density at radius 1 is 1.00 bits per heavy atom. The van der Waals surface area contributed by atoms with E-state index < -0.39 is 0 Å². The highest BCUT2D eigenvalue weighted by Gasteiger charge is 2.30. The van der Waals surface area contributed by atoms with E-state index in [1.54, 1.807) is 38.0 Å². The molecular weight excluding hydrogens is 115 g/mol. The van der Waals surface area contributed by atoms with Crippen LogP contribution in [0.15, 0.2) is 0 Å². The second-order valence-corrected chi connectivity index (χ2v) is 5.78. The van der Waals surface area contributed by atoms with E-state index in [1.165, 1.54) is 5.66 Å². The van der Waals surface area contributed by atoms with E-state index >= 15 is 0 Å². The normalized spacial score (nSPS) is 45.0.